The van der Waals surface area contributed by atoms with E-state index in [1.165, 1.54) is 4.31 Å². The summed E-state index contributed by atoms with van der Waals surface area (Å²) in [6.07, 6.45) is 1.81. The highest BCUT2D eigenvalue weighted by Gasteiger charge is 2.21. The van der Waals surface area contributed by atoms with Gasteiger partial charge in [0.1, 0.15) is 5.75 Å². The fraction of sp³-hybridized carbons (Fsp3) is 0.350. The van der Waals surface area contributed by atoms with Crippen molar-refractivity contribution in [2.24, 2.45) is 5.92 Å². The molecule has 0 aliphatic heterocycles. The summed E-state index contributed by atoms with van der Waals surface area (Å²) in [5.41, 5.74) is 0.490. The molecule has 0 saturated heterocycles. The van der Waals surface area contributed by atoms with Crippen LogP contribution in [0.5, 0.6) is 11.5 Å². The lowest BCUT2D eigenvalue weighted by Crippen LogP contribution is -2.38. The van der Waals surface area contributed by atoms with Crippen molar-refractivity contribution in [2.75, 3.05) is 24.7 Å². The van der Waals surface area contributed by atoms with Gasteiger partial charge in [0.05, 0.1) is 18.5 Å². The molecule has 0 heterocycles. The number of rotatable bonds is 9. The molecule has 2 aromatic carbocycles. The van der Waals surface area contributed by atoms with Gasteiger partial charge in [0, 0.05) is 6.54 Å². The summed E-state index contributed by atoms with van der Waals surface area (Å²) in [5, 5.41) is 2.75. The molecule has 0 bridgehead atoms. The first-order valence-electron chi connectivity index (χ1n) is 8.82. The van der Waals surface area contributed by atoms with Gasteiger partial charge in [-0.2, -0.15) is 4.31 Å². The van der Waals surface area contributed by atoms with Gasteiger partial charge in [0.15, 0.2) is 5.75 Å². The van der Waals surface area contributed by atoms with Crippen molar-refractivity contribution in [3.05, 3.63) is 54.6 Å². The minimum absolute atomic E-state index is 0.231. The SMILES string of the molecule is CC(C)CCN(CC(=O)Nc1ccccc1Oc1ccccc1)S(C)(=O)=O. The maximum absolute atomic E-state index is 12.4. The molecule has 0 aliphatic carbocycles. The Balaban J connectivity index is 2.08. The number of para-hydroxylation sites is 3. The predicted octanol–water partition coefficient (Wildman–Crippen LogP) is 3.73. The Morgan fingerprint density at radius 2 is 1.70 bits per heavy atom. The second-order valence-corrected chi connectivity index (χ2v) is 8.72. The quantitative estimate of drug-likeness (QED) is 0.708. The van der Waals surface area contributed by atoms with E-state index in [0.717, 1.165) is 6.26 Å². The van der Waals surface area contributed by atoms with Crippen molar-refractivity contribution in [3.8, 4) is 11.5 Å². The van der Waals surface area contributed by atoms with Crippen LogP contribution < -0.4 is 10.1 Å². The summed E-state index contributed by atoms with van der Waals surface area (Å²) in [6, 6.07) is 16.3. The standard InChI is InChI=1S/C20H26N2O4S/c1-16(2)13-14-22(27(3,24)25)15-20(23)21-18-11-7-8-12-19(18)26-17-9-5-4-6-10-17/h4-12,16H,13-15H2,1-3H3,(H,21,23). The Morgan fingerprint density at radius 1 is 1.07 bits per heavy atom. The molecule has 0 fully saturated rings. The molecule has 2 rings (SSSR count). The van der Waals surface area contributed by atoms with Crippen LogP contribution in [0.3, 0.4) is 0 Å². The van der Waals surface area contributed by atoms with E-state index in [4.69, 9.17) is 4.74 Å². The van der Waals surface area contributed by atoms with Crippen molar-refractivity contribution in [1.82, 2.24) is 4.31 Å². The summed E-state index contributed by atoms with van der Waals surface area (Å²) >= 11 is 0. The van der Waals surface area contributed by atoms with E-state index in [1.807, 2.05) is 44.2 Å². The van der Waals surface area contributed by atoms with Gasteiger partial charge in [-0.3, -0.25) is 4.79 Å². The lowest BCUT2D eigenvalue weighted by atomic mass is 10.1. The topological polar surface area (TPSA) is 75.7 Å². The smallest absolute Gasteiger partial charge is 0.239 e. The predicted molar refractivity (Wildman–Crippen MR) is 107 cm³/mol. The Bertz CT molecular complexity index is 851. The van der Waals surface area contributed by atoms with E-state index in [1.54, 1.807) is 24.3 Å². The van der Waals surface area contributed by atoms with Gasteiger partial charge >= 0.3 is 0 Å². The normalized spacial score (nSPS) is 11.6. The van der Waals surface area contributed by atoms with E-state index in [0.29, 0.717) is 36.1 Å². The van der Waals surface area contributed by atoms with Crippen molar-refractivity contribution in [3.63, 3.8) is 0 Å². The Morgan fingerprint density at radius 3 is 2.33 bits per heavy atom. The van der Waals surface area contributed by atoms with Crippen molar-refractivity contribution < 1.29 is 17.9 Å². The summed E-state index contributed by atoms with van der Waals surface area (Å²) in [6.45, 7) is 4.10. The first-order valence-corrected chi connectivity index (χ1v) is 10.7. The number of carbonyl (C=O) groups is 1. The van der Waals surface area contributed by atoms with Crippen molar-refractivity contribution in [1.29, 1.82) is 0 Å². The molecule has 27 heavy (non-hydrogen) atoms. The van der Waals surface area contributed by atoms with Gasteiger partial charge in [-0.15, -0.1) is 0 Å². The second-order valence-electron chi connectivity index (χ2n) is 6.74. The Kier molecular flexibility index (Phi) is 7.38. The molecule has 0 aliphatic rings. The number of carbonyl (C=O) groups excluding carboxylic acids is 1. The second kappa shape index (κ2) is 9.53. The van der Waals surface area contributed by atoms with Gasteiger partial charge in [0.2, 0.25) is 15.9 Å². The number of amides is 1. The van der Waals surface area contributed by atoms with Crippen molar-refractivity contribution >= 4 is 21.6 Å². The van der Waals surface area contributed by atoms with Crippen LogP contribution in [0.25, 0.3) is 0 Å². The van der Waals surface area contributed by atoms with Crippen molar-refractivity contribution in [2.45, 2.75) is 20.3 Å². The number of hydrogen-bond acceptors (Lipinski definition) is 4. The number of nitrogens with one attached hydrogen (secondary N) is 1. The van der Waals surface area contributed by atoms with Crippen LogP contribution in [-0.4, -0.2) is 38.0 Å². The minimum atomic E-state index is -3.47. The third-order valence-corrected chi connectivity index (χ3v) is 5.13. The zero-order chi connectivity index (χ0) is 19.9. The van der Waals surface area contributed by atoms with Gasteiger partial charge in [-0.25, -0.2) is 8.42 Å². The molecule has 7 heteroatoms. The lowest BCUT2D eigenvalue weighted by molar-refractivity contribution is -0.116. The van der Waals surface area contributed by atoms with E-state index in [9.17, 15) is 13.2 Å². The molecule has 6 nitrogen and oxygen atoms in total. The summed E-state index contributed by atoms with van der Waals surface area (Å²) in [5.74, 6) is 1.07. The number of ether oxygens (including phenoxy) is 1. The van der Waals surface area contributed by atoms with Gasteiger partial charge in [-0.05, 0) is 36.6 Å². The van der Waals surface area contributed by atoms with Gasteiger partial charge < -0.3 is 10.1 Å². The molecule has 2 aromatic rings. The van der Waals surface area contributed by atoms with Crippen LogP contribution in [-0.2, 0) is 14.8 Å². The molecule has 1 amide bonds. The number of nitrogens with zero attached hydrogens (tertiary/aromatic N) is 1. The maximum atomic E-state index is 12.4. The molecule has 146 valence electrons. The summed E-state index contributed by atoms with van der Waals surface area (Å²) in [4.78, 5) is 12.4. The Hall–Kier alpha value is -2.38. The van der Waals surface area contributed by atoms with Crippen LogP contribution in [0.4, 0.5) is 5.69 Å². The zero-order valence-electron chi connectivity index (χ0n) is 15.9. The van der Waals surface area contributed by atoms with E-state index in [2.05, 4.69) is 5.32 Å². The largest absolute Gasteiger partial charge is 0.455 e. The lowest BCUT2D eigenvalue weighted by Gasteiger charge is -2.21. The highest BCUT2D eigenvalue weighted by atomic mass is 32.2. The first-order chi connectivity index (χ1) is 12.8. The molecular formula is C20H26N2O4S. The maximum Gasteiger partial charge on any atom is 0.239 e. The fourth-order valence-electron chi connectivity index (χ4n) is 2.39. The summed E-state index contributed by atoms with van der Waals surface area (Å²) < 4.78 is 30.9. The number of benzene rings is 2. The van der Waals surface area contributed by atoms with Gasteiger partial charge in [0.25, 0.3) is 0 Å². The molecule has 0 saturated carbocycles. The third kappa shape index (κ3) is 7.03. The molecular weight excluding hydrogens is 364 g/mol. The molecule has 0 atom stereocenters. The van der Waals surface area contributed by atoms with Gasteiger partial charge in [-0.1, -0.05) is 44.2 Å². The number of anilines is 1. The van der Waals surface area contributed by atoms with Crippen LogP contribution >= 0.6 is 0 Å². The summed E-state index contributed by atoms with van der Waals surface area (Å²) in [7, 11) is -3.47. The van der Waals surface area contributed by atoms with Crippen LogP contribution in [0.2, 0.25) is 0 Å². The number of sulfonamides is 1. The van der Waals surface area contributed by atoms with Crippen LogP contribution in [0.15, 0.2) is 54.6 Å². The van der Waals surface area contributed by atoms with Crippen LogP contribution in [0, 0.1) is 5.92 Å². The molecule has 0 radical (unpaired) electrons. The molecule has 0 spiro atoms. The van der Waals surface area contributed by atoms with E-state index in [-0.39, 0.29) is 6.54 Å². The molecule has 0 aromatic heterocycles. The van der Waals surface area contributed by atoms with E-state index < -0.39 is 15.9 Å². The Labute approximate surface area is 161 Å². The first kappa shape index (κ1) is 20.9. The monoisotopic (exact) mass is 390 g/mol. The molecule has 1 N–H and O–H groups in total. The average molecular weight is 391 g/mol. The highest BCUT2D eigenvalue weighted by molar-refractivity contribution is 7.88. The molecule has 0 unspecified atom stereocenters. The third-order valence-electron chi connectivity index (χ3n) is 3.88. The number of hydrogen-bond donors (Lipinski definition) is 1. The van der Waals surface area contributed by atoms with Crippen LogP contribution in [0.1, 0.15) is 20.3 Å². The minimum Gasteiger partial charge on any atom is -0.455 e. The van der Waals surface area contributed by atoms with E-state index >= 15 is 0 Å². The zero-order valence-corrected chi connectivity index (χ0v) is 16.7. The average Bonchev–Trinajstić information content (AvgIpc) is 2.60. The highest BCUT2D eigenvalue weighted by Crippen LogP contribution is 2.29. The fourth-order valence-corrected chi connectivity index (χ4v) is 3.18.